The average Bonchev–Trinajstić information content (AvgIpc) is 2.78. The molecule has 4 heterocycles. The van der Waals surface area contributed by atoms with Crippen molar-refractivity contribution < 1.29 is 13.5 Å². The standard InChI is InChI=1S/C21H22F2N6O2/c1-13(16-5-4-15(22)12-25-16)26-19-18(23)20(29-7-9-31-10-8-29)28-17(27-19)11-14-3-2-6-24-21(14)30/h2-6,12-13H,7-11H2,1H3,(H,24,30)(H,26,27,28). The second-order valence-electron chi connectivity index (χ2n) is 7.19. The maximum atomic E-state index is 15.4. The normalized spacial score (nSPS) is 15.0. The van der Waals surface area contributed by atoms with Gasteiger partial charge in [0.15, 0.2) is 11.6 Å². The van der Waals surface area contributed by atoms with Crippen LogP contribution in [0.2, 0.25) is 0 Å². The number of rotatable bonds is 6. The molecule has 0 spiro atoms. The summed E-state index contributed by atoms with van der Waals surface area (Å²) < 4.78 is 33.9. The Morgan fingerprint density at radius 3 is 2.74 bits per heavy atom. The minimum Gasteiger partial charge on any atom is -0.378 e. The summed E-state index contributed by atoms with van der Waals surface area (Å²) in [5, 5.41) is 3.01. The van der Waals surface area contributed by atoms with E-state index in [1.807, 2.05) is 0 Å². The number of pyridine rings is 2. The molecule has 2 N–H and O–H groups in total. The Bertz CT molecular complexity index is 1100. The van der Waals surface area contributed by atoms with E-state index in [0.717, 1.165) is 6.20 Å². The van der Waals surface area contributed by atoms with Gasteiger partial charge in [-0.3, -0.25) is 9.78 Å². The van der Waals surface area contributed by atoms with Gasteiger partial charge in [0.1, 0.15) is 11.6 Å². The van der Waals surface area contributed by atoms with E-state index < -0.39 is 17.7 Å². The molecule has 1 aliphatic rings. The van der Waals surface area contributed by atoms with Gasteiger partial charge in [0, 0.05) is 31.3 Å². The molecule has 1 fully saturated rings. The number of nitrogens with zero attached hydrogens (tertiary/aromatic N) is 4. The van der Waals surface area contributed by atoms with Gasteiger partial charge < -0.3 is 19.9 Å². The van der Waals surface area contributed by atoms with Gasteiger partial charge in [0.2, 0.25) is 5.82 Å². The Morgan fingerprint density at radius 2 is 2.03 bits per heavy atom. The molecule has 3 aromatic heterocycles. The Hall–Kier alpha value is -3.40. The molecule has 0 amide bonds. The highest BCUT2D eigenvalue weighted by Crippen LogP contribution is 2.27. The fraction of sp³-hybridized carbons (Fsp3) is 0.333. The van der Waals surface area contributed by atoms with E-state index in [0.29, 0.717) is 43.4 Å². The maximum absolute atomic E-state index is 15.4. The Kier molecular flexibility index (Phi) is 6.17. The third-order valence-electron chi connectivity index (χ3n) is 4.99. The number of H-pyrrole nitrogens is 1. The van der Waals surface area contributed by atoms with Crippen molar-refractivity contribution in [1.82, 2.24) is 19.9 Å². The first kappa shape index (κ1) is 20.9. The van der Waals surface area contributed by atoms with E-state index in [1.54, 1.807) is 30.2 Å². The van der Waals surface area contributed by atoms with Gasteiger partial charge in [0.05, 0.1) is 31.1 Å². The first-order valence-electron chi connectivity index (χ1n) is 9.95. The maximum Gasteiger partial charge on any atom is 0.251 e. The molecule has 0 radical (unpaired) electrons. The Morgan fingerprint density at radius 1 is 1.23 bits per heavy atom. The lowest BCUT2D eigenvalue weighted by atomic mass is 10.2. The second kappa shape index (κ2) is 9.17. The van der Waals surface area contributed by atoms with Crippen molar-refractivity contribution in [2.24, 2.45) is 0 Å². The molecule has 3 aromatic rings. The fourth-order valence-electron chi connectivity index (χ4n) is 3.33. The van der Waals surface area contributed by atoms with Crippen LogP contribution in [-0.4, -0.2) is 46.2 Å². The summed E-state index contributed by atoms with van der Waals surface area (Å²) in [6.07, 6.45) is 2.79. The first-order chi connectivity index (χ1) is 15.0. The molecule has 162 valence electrons. The summed E-state index contributed by atoms with van der Waals surface area (Å²) in [5.74, 6) is -0.586. The number of nitrogens with one attached hydrogen (secondary N) is 2. The number of halogens is 2. The molecule has 1 saturated heterocycles. The average molecular weight is 428 g/mol. The van der Waals surface area contributed by atoms with Crippen LogP contribution in [-0.2, 0) is 11.2 Å². The van der Waals surface area contributed by atoms with Crippen LogP contribution in [0.25, 0.3) is 0 Å². The predicted octanol–water partition coefficient (Wildman–Crippen LogP) is 2.44. The highest BCUT2D eigenvalue weighted by atomic mass is 19.1. The van der Waals surface area contributed by atoms with Crippen molar-refractivity contribution in [3.05, 3.63) is 75.7 Å². The molecule has 0 bridgehead atoms. The van der Waals surface area contributed by atoms with Gasteiger partial charge in [-0.05, 0) is 25.1 Å². The van der Waals surface area contributed by atoms with Crippen LogP contribution < -0.4 is 15.8 Å². The summed E-state index contributed by atoms with van der Waals surface area (Å²) in [7, 11) is 0. The van der Waals surface area contributed by atoms with Crippen LogP contribution in [0.15, 0.2) is 41.5 Å². The molecule has 0 saturated carbocycles. The molecule has 0 aromatic carbocycles. The van der Waals surface area contributed by atoms with Gasteiger partial charge in [-0.1, -0.05) is 6.07 Å². The van der Waals surface area contributed by atoms with Crippen molar-refractivity contribution in [3.63, 3.8) is 0 Å². The van der Waals surface area contributed by atoms with E-state index in [2.05, 4.69) is 25.3 Å². The number of ether oxygens (including phenoxy) is 1. The Balaban J connectivity index is 1.69. The predicted molar refractivity (Wildman–Crippen MR) is 111 cm³/mol. The minimum absolute atomic E-state index is 0.00234. The number of morpholine rings is 1. The zero-order valence-electron chi connectivity index (χ0n) is 16.9. The monoisotopic (exact) mass is 428 g/mol. The van der Waals surface area contributed by atoms with E-state index >= 15 is 4.39 Å². The molecule has 10 heteroatoms. The zero-order chi connectivity index (χ0) is 21.8. The topological polar surface area (TPSA) is 96.0 Å². The van der Waals surface area contributed by atoms with E-state index in [1.165, 1.54) is 12.1 Å². The molecule has 0 aliphatic carbocycles. The van der Waals surface area contributed by atoms with E-state index in [9.17, 15) is 9.18 Å². The second-order valence-corrected chi connectivity index (χ2v) is 7.19. The molecule has 4 rings (SSSR count). The van der Waals surface area contributed by atoms with Crippen molar-refractivity contribution in [2.75, 3.05) is 36.5 Å². The molecule has 1 aliphatic heterocycles. The number of hydrogen-bond donors (Lipinski definition) is 2. The fourth-order valence-corrected chi connectivity index (χ4v) is 3.33. The lowest BCUT2D eigenvalue weighted by Gasteiger charge is -2.29. The lowest BCUT2D eigenvalue weighted by Crippen LogP contribution is -2.37. The minimum atomic E-state index is -0.596. The molecule has 8 nitrogen and oxygen atoms in total. The summed E-state index contributed by atoms with van der Waals surface area (Å²) >= 11 is 0. The number of anilines is 2. The first-order valence-corrected chi connectivity index (χ1v) is 9.95. The third-order valence-corrected chi connectivity index (χ3v) is 4.99. The SMILES string of the molecule is CC(Nc1nc(Cc2ccc[nH]c2=O)nc(N2CCOCC2)c1F)c1ccc(F)cn1. The summed E-state index contributed by atoms with van der Waals surface area (Å²) in [6, 6.07) is 5.78. The van der Waals surface area contributed by atoms with E-state index in [-0.39, 0.29) is 23.6 Å². The molecule has 31 heavy (non-hydrogen) atoms. The van der Waals surface area contributed by atoms with Gasteiger partial charge in [-0.25, -0.2) is 14.4 Å². The van der Waals surface area contributed by atoms with Crippen LogP contribution >= 0.6 is 0 Å². The van der Waals surface area contributed by atoms with Crippen LogP contribution in [0.1, 0.15) is 30.0 Å². The molecular formula is C21H22F2N6O2. The van der Waals surface area contributed by atoms with Gasteiger partial charge in [-0.2, -0.15) is 4.39 Å². The Labute approximate surface area is 177 Å². The van der Waals surface area contributed by atoms with Gasteiger partial charge in [0.25, 0.3) is 5.56 Å². The number of hydrogen-bond acceptors (Lipinski definition) is 7. The van der Waals surface area contributed by atoms with Crippen molar-refractivity contribution >= 4 is 11.6 Å². The molecule has 1 atom stereocenters. The summed E-state index contributed by atoms with van der Waals surface area (Å²) in [5.41, 5.74) is 0.761. The molecule has 1 unspecified atom stereocenters. The largest absolute Gasteiger partial charge is 0.378 e. The van der Waals surface area contributed by atoms with Crippen molar-refractivity contribution in [3.8, 4) is 0 Å². The van der Waals surface area contributed by atoms with Crippen LogP contribution in [0.5, 0.6) is 0 Å². The van der Waals surface area contributed by atoms with Crippen LogP contribution in [0.3, 0.4) is 0 Å². The highest BCUT2D eigenvalue weighted by molar-refractivity contribution is 5.53. The van der Waals surface area contributed by atoms with Gasteiger partial charge in [-0.15, -0.1) is 0 Å². The van der Waals surface area contributed by atoms with Crippen LogP contribution in [0, 0.1) is 11.6 Å². The summed E-state index contributed by atoms with van der Waals surface area (Å²) in [4.78, 5) is 29.3. The van der Waals surface area contributed by atoms with Crippen molar-refractivity contribution in [1.29, 1.82) is 0 Å². The lowest BCUT2D eigenvalue weighted by molar-refractivity contribution is 0.122. The smallest absolute Gasteiger partial charge is 0.251 e. The van der Waals surface area contributed by atoms with E-state index in [4.69, 9.17) is 4.74 Å². The molecular weight excluding hydrogens is 406 g/mol. The van der Waals surface area contributed by atoms with Crippen LogP contribution in [0.4, 0.5) is 20.4 Å². The summed E-state index contributed by atoms with van der Waals surface area (Å²) in [6.45, 7) is 3.70. The zero-order valence-corrected chi connectivity index (χ0v) is 16.9. The highest BCUT2D eigenvalue weighted by Gasteiger charge is 2.23. The third kappa shape index (κ3) is 4.85. The van der Waals surface area contributed by atoms with Crippen molar-refractivity contribution in [2.45, 2.75) is 19.4 Å². The quantitative estimate of drug-likeness (QED) is 0.623. The van der Waals surface area contributed by atoms with Gasteiger partial charge >= 0.3 is 0 Å². The number of aromatic nitrogens is 4. The number of aromatic amines is 1.